The molecule has 0 aliphatic heterocycles. The minimum Gasteiger partial charge on any atom is -0.382 e. The van der Waals surface area contributed by atoms with Crippen LogP contribution in [0.5, 0.6) is 0 Å². The number of hydrogen-bond donors (Lipinski definition) is 2. The summed E-state index contributed by atoms with van der Waals surface area (Å²) in [6.45, 7) is 0. The lowest BCUT2D eigenvalue weighted by Crippen LogP contribution is -2.44. The second-order valence-electron chi connectivity index (χ2n) is 4.14. The lowest BCUT2D eigenvalue weighted by molar-refractivity contribution is -0.0328. The lowest BCUT2D eigenvalue weighted by atomic mass is 9.87. The van der Waals surface area contributed by atoms with Crippen LogP contribution in [-0.4, -0.2) is 17.6 Å². The molecule has 1 fully saturated rings. The molecule has 1 aromatic carbocycles. The molecule has 0 bridgehead atoms. The van der Waals surface area contributed by atoms with Crippen molar-refractivity contribution in [2.24, 2.45) is 5.73 Å². The summed E-state index contributed by atoms with van der Waals surface area (Å²) in [6, 6.07) is 6.88. The Morgan fingerprint density at radius 3 is 2.24 bits per heavy atom. The normalized spacial score (nSPS) is 24.2. The summed E-state index contributed by atoms with van der Waals surface area (Å²) >= 11 is -0.0993. The van der Waals surface area contributed by atoms with Gasteiger partial charge in [-0.1, -0.05) is 0 Å². The van der Waals surface area contributed by atoms with Crippen molar-refractivity contribution in [1.29, 1.82) is 0 Å². The molecule has 0 heterocycles. The van der Waals surface area contributed by atoms with Crippen LogP contribution in [0.1, 0.15) is 12.8 Å². The molecule has 2 rings (SSSR count). The van der Waals surface area contributed by atoms with Crippen LogP contribution in [0.4, 0.5) is 18.9 Å². The first-order chi connectivity index (χ1) is 7.92. The van der Waals surface area contributed by atoms with Gasteiger partial charge in [-0.05, 0) is 48.9 Å². The molecule has 3 N–H and O–H groups in total. The van der Waals surface area contributed by atoms with Crippen LogP contribution in [0.2, 0.25) is 0 Å². The molecule has 0 radical (unpaired) electrons. The van der Waals surface area contributed by atoms with Crippen molar-refractivity contribution in [1.82, 2.24) is 0 Å². The van der Waals surface area contributed by atoms with Crippen molar-refractivity contribution in [2.75, 3.05) is 5.32 Å². The fourth-order valence-electron chi connectivity index (χ4n) is 1.77. The van der Waals surface area contributed by atoms with Gasteiger partial charge in [0.25, 0.3) is 0 Å². The summed E-state index contributed by atoms with van der Waals surface area (Å²) in [5, 5.41) is 3.23. The van der Waals surface area contributed by atoms with Crippen LogP contribution in [0, 0.1) is 0 Å². The third-order valence-corrected chi connectivity index (χ3v) is 3.37. The predicted octanol–water partition coefficient (Wildman–Crippen LogP) is 3.20. The Morgan fingerprint density at radius 1 is 1.18 bits per heavy atom. The Kier molecular flexibility index (Phi) is 3.53. The van der Waals surface area contributed by atoms with E-state index in [1.807, 2.05) is 0 Å². The van der Waals surface area contributed by atoms with Crippen molar-refractivity contribution in [3.8, 4) is 0 Å². The number of rotatable bonds is 3. The number of benzene rings is 1. The number of nitrogens with one attached hydrogen (secondary N) is 1. The average Bonchev–Trinajstić information content (AvgIpc) is 2.16. The molecule has 0 saturated heterocycles. The van der Waals surface area contributed by atoms with Gasteiger partial charge < -0.3 is 11.1 Å². The Balaban J connectivity index is 1.89. The maximum absolute atomic E-state index is 12.1. The molecule has 1 aliphatic carbocycles. The van der Waals surface area contributed by atoms with Gasteiger partial charge >= 0.3 is 5.51 Å². The fourth-order valence-corrected chi connectivity index (χ4v) is 2.31. The van der Waals surface area contributed by atoms with Gasteiger partial charge in [-0.25, -0.2) is 0 Å². The first-order valence-electron chi connectivity index (χ1n) is 5.30. The summed E-state index contributed by atoms with van der Waals surface area (Å²) in [5.41, 5.74) is 2.26. The van der Waals surface area contributed by atoms with Crippen molar-refractivity contribution >= 4 is 17.4 Å². The maximum Gasteiger partial charge on any atom is 0.446 e. The van der Waals surface area contributed by atoms with Crippen LogP contribution in [0.3, 0.4) is 0 Å². The van der Waals surface area contributed by atoms with Crippen molar-refractivity contribution in [3.63, 3.8) is 0 Å². The van der Waals surface area contributed by atoms with Gasteiger partial charge in [-0.15, -0.1) is 0 Å². The minimum atomic E-state index is -4.23. The van der Waals surface area contributed by atoms with Crippen LogP contribution in [0.15, 0.2) is 29.2 Å². The van der Waals surface area contributed by atoms with Gasteiger partial charge in [0.2, 0.25) is 0 Å². The molecule has 1 aromatic rings. The monoisotopic (exact) mass is 262 g/mol. The van der Waals surface area contributed by atoms with E-state index in [-0.39, 0.29) is 22.7 Å². The molecule has 6 heteroatoms. The van der Waals surface area contributed by atoms with Gasteiger partial charge in [0.1, 0.15) is 0 Å². The van der Waals surface area contributed by atoms with E-state index >= 15 is 0 Å². The number of alkyl halides is 3. The highest BCUT2D eigenvalue weighted by Gasteiger charge is 2.29. The highest BCUT2D eigenvalue weighted by Crippen LogP contribution is 2.37. The summed E-state index contributed by atoms with van der Waals surface area (Å²) in [6.07, 6.45) is 1.83. The summed E-state index contributed by atoms with van der Waals surface area (Å²) in [4.78, 5) is 0.202. The van der Waals surface area contributed by atoms with E-state index in [1.165, 1.54) is 12.1 Å². The van der Waals surface area contributed by atoms with Crippen LogP contribution in [0.25, 0.3) is 0 Å². The summed E-state index contributed by atoms with van der Waals surface area (Å²) < 4.78 is 36.3. The summed E-state index contributed by atoms with van der Waals surface area (Å²) in [7, 11) is 0. The number of halogens is 3. The van der Waals surface area contributed by atoms with Crippen molar-refractivity contribution in [3.05, 3.63) is 24.3 Å². The molecule has 0 unspecified atom stereocenters. The van der Waals surface area contributed by atoms with E-state index in [0.717, 1.165) is 18.5 Å². The molecule has 0 spiro atoms. The Labute approximate surface area is 102 Å². The second-order valence-corrected chi connectivity index (χ2v) is 5.28. The van der Waals surface area contributed by atoms with Crippen LogP contribution >= 0.6 is 11.8 Å². The number of hydrogen-bond acceptors (Lipinski definition) is 3. The zero-order valence-electron chi connectivity index (χ0n) is 9.00. The van der Waals surface area contributed by atoms with Crippen LogP contribution in [-0.2, 0) is 0 Å². The van der Waals surface area contributed by atoms with Gasteiger partial charge in [0.15, 0.2) is 0 Å². The standard InChI is InChI=1S/C11H13F3N2S/c12-11(13,14)17-10-3-1-8(2-4-10)16-9-5-7(15)6-9/h1-4,7,9,16H,5-6,15H2. The van der Waals surface area contributed by atoms with E-state index in [9.17, 15) is 13.2 Å². The smallest absolute Gasteiger partial charge is 0.382 e. The van der Waals surface area contributed by atoms with E-state index in [0.29, 0.717) is 6.04 Å². The van der Waals surface area contributed by atoms with Gasteiger partial charge in [-0.2, -0.15) is 13.2 Å². The quantitative estimate of drug-likeness (QED) is 0.821. The Hall–Kier alpha value is -0.880. The van der Waals surface area contributed by atoms with Gasteiger partial charge in [0, 0.05) is 22.7 Å². The molecular weight excluding hydrogens is 249 g/mol. The highest BCUT2D eigenvalue weighted by atomic mass is 32.2. The largest absolute Gasteiger partial charge is 0.446 e. The van der Waals surface area contributed by atoms with E-state index < -0.39 is 5.51 Å². The molecule has 0 aromatic heterocycles. The lowest BCUT2D eigenvalue weighted by Gasteiger charge is -2.33. The molecule has 1 saturated carbocycles. The van der Waals surface area contributed by atoms with Crippen LogP contribution < -0.4 is 11.1 Å². The molecule has 0 amide bonds. The second kappa shape index (κ2) is 4.78. The third kappa shape index (κ3) is 3.81. The Bertz CT molecular complexity index is 371. The summed E-state index contributed by atoms with van der Waals surface area (Å²) in [5.74, 6) is 0. The topological polar surface area (TPSA) is 38.0 Å². The maximum atomic E-state index is 12.1. The fraction of sp³-hybridized carbons (Fsp3) is 0.455. The van der Waals surface area contributed by atoms with Gasteiger partial charge in [-0.3, -0.25) is 0 Å². The van der Waals surface area contributed by atoms with E-state index in [4.69, 9.17) is 5.73 Å². The number of nitrogens with two attached hydrogens (primary N) is 1. The average molecular weight is 262 g/mol. The van der Waals surface area contributed by atoms with E-state index in [2.05, 4.69) is 5.32 Å². The Morgan fingerprint density at radius 2 is 1.76 bits per heavy atom. The third-order valence-electron chi connectivity index (χ3n) is 2.63. The first kappa shape index (κ1) is 12.6. The molecule has 2 nitrogen and oxygen atoms in total. The van der Waals surface area contributed by atoms with Gasteiger partial charge in [0.05, 0.1) is 0 Å². The zero-order chi connectivity index (χ0) is 12.5. The molecule has 94 valence electrons. The highest BCUT2D eigenvalue weighted by molar-refractivity contribution is 8.00. The predicted molar refractivity (Wildman–Crippen MR) is 63.0 cm³/mol. The zero-order valence-corrected chi connectivity index (χ0v) is 9.81. The molecule has 1 aliphatic rings. The van der Waals surface area contributed by atoms with Crippen molar-refractivity contribution < 1.29 is 13.2 Å². The molecule has 17 heavy (non-hydrogen) atoms. The minimum absolute atomic E-state index is 0.0993. The SMILES string of the molecule is NC1CC(Nc2ccc(SC(F)(F)F)cc2)C1. The first-order valence-corrected chi connectivity index (χ1v) is 6.12. The number of thioether (sulfide) groups is 1. The van der Waals surface area contributed by atoms with Crippen molar-refractivity contribution in [2.45, 2.75) is 35.3 Å². The molecule has 0 atom stereocenters. The number of anilines is 1. The molecular formula is C11H13F3N2S. The van der Waals surface area contributed by atoms with E-state index in [1.54, 1.807) is 12.1 Å².